The summed E-state index contributed by atoms with van der Waals surface area (Å²) in [5.41, 5.74) is 0. The standard InChI is InChI=1S/C23H45N3O/c1-2-11-20(18-21-12-8-6-4-3-5-7-9-13-21)14-10-16-25-23(27)26-22-15-17-24-19-22/h20-22,24H,2-19H2,1H3,(H2,25,26,27)/t20?,22-/m1/s1. The van der Waals surface area contributed by atoms with Crippen LogP contribution >= 0.6 is 0 Å². The molecule has 1 saturated carbocycles. The number of carbonyl (C=O) groups is 1. The Bertz CT molecular complexity index is 372. The van der Waals surface area contributed by atoms with Gasteiger partial charge in [0, 0.05) is 19.1 Å². The van der Waals surface area contributed by atoms with Gasteiger partial charge in [0.1, 0.15) is 0 Å². The zero-order chi connectivity index (χ0) is 19.2. The zero-order valence-corrected chi connectivity index (χ0v) is 17.9. The molecule has 0 spiro atoms. The van der Waals surface area contributed by atoms with Gasteiger partial charge in [-0.1, -0.05) is 77.6 Å². The van der Waals surface area contributed by atoms with Crippen LogP contribution in [0.15, 0.2) is 0 Å². The van der Waals surface area contributed by atoms with E-state index in [9.17, 15) is 4.79 Å². The Morgan fingerprint density at radius 2 is 1.70 bits per heavy atom. The molecule has 0 aromatic heterocycles. The van der Waals surface area contributed by atoms with E-state index in [4.69, 9.17) is 0 Å². The Balaban J connectivity index is 1.63. The highest BCUT2D eigenvalue weighted by Gasteiger charge is 2.18. The monoisotopic (exact) mass is 379 g/mol. The molecule has 158 valence electrons. The lowest BCUT2D eigenvalue weighted by molar-refractivity contribution is 0.236. The van der Waals surface area contributed by atoms with E-state index in [0.29, 0.717) is 6.04 Å². The van der Waals surface area contributed by atoms with Gasteiger partial charge in [-0.2, -0.15) is 0 Å². The molecule has 27 heavy (non-hydrogen) atoms. The number of hydrogen-bond acceptors (Lipinski definition) is 2. The molecule has 2 fully saturated rings. The number of hydrogen-bond donors (Lipinski definition) is 3. The Kier molecular flexibility index (Phi) is 11.9. The van der Waals surface area contributed by atoms with E-state index in [-0.39, 0.29) is 6.03 Å². The maximum Gasteiger partial charge on any atom is 0.315 e. The average molecular weight is 380 g/mol. The maximum atomic E-state index is 12.0. The Hall–Kier alpha value is -0.770. The van der Waals surface area contributed by atoms with Crippen molar-refractivity contribution in [2.24, 2.45) is 11.8 Å². The molecule has 0 radical (unpaired) electrons. The number of nitrogens with one attached hydrogen (secondary N) is 3. The van der Waals surface area contributed by atoms with Gasteiger partial charge in [-0.15, -0.1) is 0 Å². The molecule has 1 heterocycles. The first-order chi connectivity index (χ1) is 13.3. The zero-order valence-electron chi connectivity index (χ0n) is 17.9. The van der Waals surface area contributed by atoms with E-state index >= 15 is 0 Å². The Labute approximate surface area is 168 Å². The summed E-state index contributed by atoms with van der Waals surface area (Å²) in [4.78, 5) is 12.0. The van der Waals surface area contributed by atoms with Crippen molar-refractivity contribution in [2.75, 3.05) is 19.6 Å². The van der Waals surface area contributed by atoms with Gasteiger partial charge in [0.15, 0.2) is 0 Å². The Morgan fingerprint density at radius 3 is 2.33 bits per heavy atom. The fraction of sp³-hybridized carbons (Fsp3) is 0.957. The van der Waals surface area contributed by atoms with Crippen molar-refractivity contribution in [1.82, 2.24) is 16.0 Å². The molecule has 4 heteroatoms. The van der Waals surface area contributed by atoms with E-state index in [1.54, 1.807) is 0 Å². The van der Waals surface area contributed by atoms with E-state index in [2.05, 4.69) is 22.9 Å². The largest absolute Gasteiger partial charge is 0.338 e. The van der Waals surface area contributed by atoms with Crippen molar-refractivity contribution < 1.29 is 4.79 Å². The predicted octanol–water partition coefficient (Wildman–Crippen LogP) is 5.37. The molecule has 0 bridgehead atoms. The highest BCUT2D eigenvalue weighted by Crippen LogP contribution is 2.30. The smallest absolute Gasteiger partial charge is 0.315 e. The summed E-state index contributed by atoms with van der Waals surface area (Å²) in [5, 5.41) is 9.42. The van der Waals surface area contributed by atoms with Crippen molar-refractivity contribution in [1.29, 1.82) is 0 Å². The van der Waals surface area contributed by atoms with Crippen LogP contribution in [-0.2, 0) is 0 Å². The molecule has 1 unspecified atom stereocenters. The fourth-order valence-corrected chi connectivity index (χ4v) is 5.00. The lowest BCUT2D eigenvalue weighted by Crippen LogP contribution is -2.43. The molecule has 0 aromatic carbocycles. The van der Waals surface area contributed by atoms with Gasteiger partial charge in [-0.25, -0.2) is 4.79 Å². The van der Waals surface area contributed by atoms with Crippen molar-refractivity contribution in [3.8, 4) is 0 Å². The molecule has 1 saturated heterocycles. The molecule has 4 nitrogen and oxygen atoms in total. The van der Waals surface area contributed by atoms with E-state index in [1.807, 2.05) is 0 Å². The third-order valence-electron chi connectivity index (χ3n) is 6.56. The number of carbonyl (C=O) groups excluding carboxylic acids is 1. The van der Waals surface area contributed by atoms with Crippen molar-refractivity contribution >= 4 is 6.03 Å². The summed E-state index contributed by atoms with van der Waals surface area (Å²) in [6.07, 6.45) is 20.6. The van der Waals surface area contributed by atoms with E-state index < -0.39 is 0 Å². The molecular formula is C23H45N3O. The van der Waals surface area contributed by atoms with Crippen LogP contribution in [0.2, 0.25) is 0 Å². The van der Waals surface area contributed by atoms with Gasteiger partial charge in [0.25, 0.3) is 0 Å². The van der Waals surface area contributed by atoms with E-state index in [1.165, 1.54) is 83.5 Å². The lowest BCUT2D eigenvalue weighted by Gasteiger charge is -2.24. The second-order valence-electron chi connectivity index (χ2n) is 9.04. The fourth-order valence-electron chi connectivity index (χ4n) is 5.00. The van der Waals surface area contributed by atoms with Gasteiger partial charge in [0.2, 0.25) is 0 Å². The van der Waals surface area contributed by atoms with Gasteiger partial charge in [0.05, 0.1) is 0 Å². The number of urea groups is 1. The maximum absolute atomic E-state index is 12.0. The minimum atomic E-state index is 0.0167. The van der Waals surface area contributed by atoms with Crippen LogP contribution in [0.1, 0.15) is 103 Å². The average Bonchev–Trinajstić information content (AvgIpc) is 3.17. The number of amides is 2. The summed E-state index contributed by atoms with van der Waals surface area (Å²) < 4.78 is 0. The molecule has 2 rings (SSSR count). The van der Waals surface area contributed by atoms with Crippen LogP contribution in [0.25, 0.3) is 0 Å². The third kappa shape index (κ3) is 10.4. The highest BCUT2D eigenvalue weighted by atomic mass is 16.2. The summed E-state index contributed by atoms with van der Waals surface area (Å²) in [7, 11) is 0. The van der Waals surface area contributed by atoms with Crippen LogP contribution in [0.5, 0.6) is 0 Å². The van der Waals surface area contributed by atoms with Crippen LogP contribution in [0.3, 0.4) is 0 Å². The van der Waals surface area contributed by atoms with Gasteiger partial charge >= 0.3 is 6.03 Å². The minimum Gasteiger partial charge on any atom is -0.338 e. The van der Waals surface area contributed by atoms with Gasteiger partial charge in [-0.05, 0) is 44.1 Å². The molecule has 2 atom stereocenters. The predicted molar refractivity (Wildman–Crippen MR) is 115 cm³/mol. The third-order valence-corrected chi connectivity index (χ3v) is 6.56. The molecule has 3 N–H and O–H groups in total. The van der Waals surface area contributed by atoms with Crippen molar-refractivity contribution in [3.63, 3.8) is 0 Å². The van der Waals surface area contributed by atoms with E-state index in [0.717, 1.165) is 44.3 Å². The van der Waals surface area contributed by atoms with Crippen LogP contribution in [0.4, 0.5) is 4.79 Å². The van der Waals surface area contributed by atoms with Crippen molar-refractivity contribution in [3.05, 3.63) is 0 Å². The lowest BCUT2D eigenvalue weighted by atomic mass is 9.82. The van der Waals surface area contributed by atoms with Crippen molar-refractivity contribution in [2.45, 2.75) is 109 Å². The first-order valence-corrected chi connectivity index (χ1v) is 12.0. The molecule has 1 aliphatic carbocycles. The second-order valence-corrected chi connectivity index (χ2v) is 9.04. The minimum absolute atomic E-state index is 0.0167. The normalized spacial score (nSPS) is 23.7. The number of rotatable bonds is 9. The summed E-state index contributed by atoms with van der Waals surface area (Å²) in [6, 6.07) is 0.327. The molecular weight excluding hydrogens is 334 g/mol. The summed E-state index contributed by atoms with van der Waals surface area (Å²) >= 11 is 0. The second kappa shape index (κ2) is 14.3. The summed E-state index contributed by atoms with van der Waals surface area (Å²) in [5.74, 6) is 1.80. The molecule has 2 amide bonds. The quantitative estimate of drug-likeness (QED) is 0.471. The Morgan fingerprint density at radius 1 is 1.00 bits per heavy atom. The topological polar surface area (TPSA) is 53.2 Å². The van der Waals surface area contributed by atoms with Gasteiger partial charge < -0.3 is 16.0 Å². The molecule has 2 aliphatic rings. The first-order valence-electron chi connectivity index (χ1n) is 12.0. The van der Waals surface area contributed by atoms with Gasteiger partial charge in [-0.3, -0.25) is 0 Å². The molecule has 1 aliphatic heterocycles. The summed E-state index contributed by atoms with van der Waals surface area (Å²) in [6.45, 7) is 5.07. The van der Waals surface area contributed by atoms with Crippen LogP contribution in [-0.4, -0.2) is 31.7 Å². The SMILES string of the molecule is CCCC(CCCNC(=O)N[C@@H]1CCNC1)CC1CCCCCCCCC1. The van der Waals surface area contributed by atoms with Crippen LogP contribution in [0, 0.1) is 11.8 Å². The molecule has 0 aromatic rings. The first kappa shape index (κ1) is 22.5. The highest BCUT2D eigenvalue weighted by molar-refractivity contribution is 5.74. The van der Waals surface area contributed by atoms with Crippen LogP contribution < -0.4 is 16.0 Å².